The number of benzene rings is 1. The molecule has 2 fully saturated rings. The Morgan fingerprint density at radius 2 is 1.95 bits per heavy atom. The molecule has 9 N–H and O–H groups in total. The van der Waals surface area contributed by atoms with Crippen LogP contribution in [0.3, 0.4) is 0 Å². The van der Waals surface area contributed by atoms with Crippen LogP contribution >= 0.6 is 0 Å². The van der Waals surface area contributed by atoms with Gasteiger partial charge >= 0.3 is 12.3 Å². The summed E-state index contributed by atoms with van der Waals surface area (Å²) in [6, 6.07) is 0.266. The molecule has 17 heteroatoms. The van der Waals surface area contributed by atoms with E-state index in [0.717, 1.165) is 4.90 Å². The number of fused-ring (bicyclic) bond motifs is 1. The summed E-state index contributed by atoms with van der Waals surface area (Å²) in [5.41, 5.74) is 9.93. The number of imide groups is 1. The first-order valence-electron chi connectivity index (χ1n) is 11.6. The van der Waals surface area contributed by atoms with Gasteiger partial charge in [-0.2, -0.15) is 0 Å². The molecule has 5 aliphatic heterocycles. The van der Waals surface area contributed by atoms with E-state index in [-0.39, 0.29) is 49.2 Å². The fourth-order valence-corrected chi connectivity index (χ4v) is 5.71. The number of hydrogen-bond acceptors (Lipinski definition) is 12. The second kappa shape index (κ2) is 7.64. The highest BCUT2D eigenvalue weighted by atomic mass is 19.3. The van der Waals surface area contributed by atoms with E-state index in [9.17, 15) is 33.4 Å². The van der Waals surface area contributed by atoms with E-state index < -0.39 is 59.3 Å². The molecule has 1 unspecified atom stereocenters. The summed E-state index contributed by atoms with van der Waals surface area (Å²) in [6.45, 7) is -0.452. The van der Waals surface area contributed by atoms with Crippen molar-refractivity contribution in [3.05, 3.63) is 23.8 Å². The van der Waals surface area contributed by atoms with Crippen molar-refractivity contribution in [1.82, 2.24) is 20.9 Å². The summed E-state index contributed by atoms with van der Waals surface area (Å²) >= 11 is 0. The van der Waals surface area contributed by atoms with Crippen molar-refractivity contribution in [2.24, 2.45) is 16.5 Å². The maximum Gasteiger partial charge on any atom is 0.586 e. The molecule has 1 aromatic carbocycles. The summed E-state index contributed by atoms with van der Waals surface area (Å²) in [7, 11) is 0. The lowest BCUT2D eigenvalue weighted by Crippen LogP contribution is -2.79. The summed E-state index contributed by atoms with van der Waals surface area (Å²) < 4.78 is 37.4. The third-order valence-electron chi connectivity index (χ3n) is 7.38. The predicted molar refractivity (Wildman–Crippen MR) is 120 cm³/mol. The number of nitrogens with one attached hydrogen (secondary N) is 3. The number of ether oxygens (including phenoxy) is 2. The fourth-order valence-electron chi connectivity index (χ4n) is 5.71. The van der Waals surface area contributed by atoms with Crippen molar-refractivity contribution in [2.75, 3.05) is 13.1 Å². The molecular weight excluding hydrogens is 514 g/mol. The molecule has 1 aromatic rings. The zero-order valence-electron chi connectivity index (χ0n) is 19.5. The zero-order chi connectivity index (χ0) is 27.2. The number of aliphatic imine (C=N–C) groups is 1. The minimum atomic E-state index is -3.97. The number of halogens is 2. The minimum absolute atomic E-state index is 0.0538. The van der Waals surface area contributed by atoms with Gasteiger partial charge in [0.25, 0.3) is 5.91 Å². The number of hydrogen-bond donors (Lipinski definition) is 7. The second-order valence-electron chi connectivity index (χ2n) is 9.55. The summed E-state index contributed by atoms with van der Waals surface area (Å²) in [5.74, 6) is -5.66. The highest BCUT2D eigenvalue weighted by Crippen LogP contribution is 2.44. The molecule has 6 rings (SSSR count). The van der Waals surface area contributed by atoms with Crippen LogP contribution in [-0.4, -0.2) is 98.3 Å². The number of para-hydroxylation sites is 1. The monoisotopic (exact) mass is 537 g/mol. The topological polar surface area (TPSA) is 217 Å². The largest absolute Gasteiger partial charge is 0.586 e. The number of alkyl halides is 2. The number of aliphatic hydroxyl groups is 2. The Balaban J connectivity index is 1.31. The number of likely N-dealkylation sites (tertiary alicyclic amines) is 1. The Morgan fingerprint density at radius 1 is 1.24 bits per heavy atom. The van der Waals surface area contributed by atoms with Crippen LogP contribution in [-0.2, 0) is 9.59 Å². The molecule has 202 valence electrons. The van der Waals surface area contributed by atoms with Crippen molar-refractivity contribution in [2.45, 2.75) is 48.7 Å². The molecule has 3 amide bonds. The highest BCUT2D eigenvalue weighted by Gasteiger charge is 2.75. The van der Waals surface area contributed by atoms with Crippen LogP contribution in [0, 0.1) is 0 Å². The van der Waals surface area contributed by atoms with Gasteiger partial charge in [0, 0.05) is 12.8 Å². The van der Waals surface area contributed by atoms with Gasteiger partial charge in [0.1, 0.15) is 18.1 Å². The predicted octanol–water partition coefficient (Wildman–Crippen LogP) is -3.77. The molecule has 4 atom stereocenters. The molecule has 1 spiro atoms. The normalized spacial score (nSPS) is 31.9. The van der Waals surface area contributed by atoms with E-state index in [0.29, 0.717) is 0 Å². The molecule has 0 aromatic heterocycles. The minimum Gasteiger partial charge on any atom is -0.395 e. The quantitative estimate of drug-likeness (QED) is 0.112. The average Bonchev–Trinajstić information content (AvgIpc) is 3.52. The highest BCUT2D eigenvalue weighted by molar-refractivity contribution is 6.02. The Hall–Kier alpha value is -4.25. The Morgan fingerprint density at radius 3 is 2.66 bits per heavy atom. The van der Waals surface area contributed by atoms with E-state index in [1.54, 1.807) is 0 Å². The smallest absolute Gasteiger partial charge is 0.395 e. The van der Waals surface area contributed by atoms with Crippen molar-refractivity contribution in [1.29, 1.82) is 0 Å². The molecule has 38 heavy (non-hydrogen) atoms. The third kappa shape index (κ3) is 3.21. The number of guanidine groups is 2. The Labute approximate surface area is 212 Å². The summed E-state index contributed by atoms with van der Waals surface area (Å²) in [4.78, 5) is 42.9. The lowest BCUT2D eigenvalue weighted by Gasteiger charge is -2.44. The molecule has 15 nitrogen and oxygen atoms in total. The van der Waals surface area contributed by atoms with Crippen LogP contribution in [0.5, 0.6) is 11.5 Å². The van der Waals surface area contributed by atoms with E-state index in [1.165, 1.54) is 22.8 Å². The first-order valence-corrected chi connectivity index (χ1v) is 11.6. The number of amides is 3. The summed E-state index contributed by atoms with van der Waals surface area (Å²) in [5, 5.41) is 31.1. The first kappa shape index (κ1) is 24.1. The maximum atomic E-state index is 13.6. The zero-order valence-corrected chi connectivity index (χ0v) is 19.5. The van der Waals surface area contributed by atoms with Crippen LogP contribution in [0.4, 0.5) is 8.78 Å². The molecule has 0 radical (unpaired) electrons. The van der Waals surface area contributed by atoms with Gasteiger partial charge in [0.2, 0.25) is 23.3 Å². The van der Waals surface area contributed by atoms with Crippen LogP contribution < -0.4 is 36.9 Å². The molecule has 5 aliphatic rings. The van der Waals surface area contributed by atoms with Gasteiger partial charge in [-0.25, -0.2) is 9.57 Å². The molecule has 2 saturated heterocycles. The van der Waals surface area contributed by atoms with E-state index in [1.807, 2.05) is 0 Å². The molecule has 0 saturated carbocycles. The fraction of sp³-hybridized carbons (Fsp3) is 0.476. The Kier molecular flexibility index (Phi) is 4.84. The van der Waals surface area contributed by atoms with Gasteiger partial charge in [0.05, 0.1) is 18.7 Å². The van der Waals surface area contributed by atoms with E-state index >= 15 is 0 Å². The number of nitrogens with two attached hydrogens (primary N) is 2. The van der Waals surface area contributed by atoms with Crippen molar-refractivity contribution < 1.29 is 47.4 Å². The van der Waals surface area contributed by atoms with Gasteiger partial charge in [-0.05, 0) is 12.1 Å². The van der Waals surface area contributed by atoms with Crippen LogP contribution in [0.1, 0.15) is 23.2 Å². The molecule has 5 heterocycles. The molecule has 0 aliphatic carbocycles. The van der Waals surface area contributed by atoms with Crippen molar-refractivity contribution in [3.63, 3.8) is 0 Å². The standard InChI is InChI=1S/C21H22F2N8O7/c22-21(23)37-10-3-1-2-8(14(10)38-21)16(34)27-11-7-31-18(25)26-9(6-30-12(32)4-5-13(30)33)15-19(31,20(11,35)36)29-17(24)28-15/h1-3,9,11,15,35-36H,4-7H2,(H6,24,25,26,27,28,29,34)/p+1/t9-,11?,15-,19-/m0/s1. The number of carbonyl (C=O) groups is 3. The SMILES string of the molecule is NC1=N[C@H]2[C@H](CN3C(=O)CCC3=O)NC(N)=[N+]3CC(NC(=O)c4cccc5c4OC(F)(F)O5)C(O)(O)[C@]23N1. The number of carbonyl (C=O) groups excluding carboxylic acids is 3. The van der Waals surface area contributed by atoms with Crippen molar-refractivity contribution >= 4 is 29.6 Å². The molecular formula is C21H23F2N8O7+. The average molecular weight is 537 g/mol. The van der Waals surface area contributed by atoms with Gasteiger partial charge in [-0.3, -0.25) is 30.3 Å². The number of nitrogens with zero attached hydrogens (tertiary/aromatic N) is 3. The number of rotatable bonds is 4. The lowest BCUT2D eigenvalue weighted by molar-refractivity contribution is -0.623. The van der Waals surface area contributed by atoms with Crippen LogP contribution in [0.25, 0.3) is 0 Å². The van der Waals surface area contributed by atoms with E-state index in [2.05, 4.69) is 30.4 Å². The van der Waals surface area contributed by atoms with Crippen LogP contribution in [0.2, 0.25) is 0 Å². The van der Waals surface area contributed by atoms with Gasteiger partial charge < -0.3 is 36.1 Å². The third-order valence-corrected chi connectivity index (χ3v) is 7.38. The lowest BCUT2D eigenvalue weighted by atomic mass is 9.85. The first-order chi connectivity index (χ1) is 17.8. The van der Waals surface area contributed by atoms with Crippen LogP contribution in [0.15, 0.2) is 23.2 Å². The van der Waals surface area contributed by atoms with Gasteiger partial charge in [0.15, 0.2) is 17.5 Å². The van der Waals surface area contributed by atoms with E-state index in [4.69, 9.17) is 11.5 Å². The second-order valence-corrected chi connectivity index (χ2v) is 9.55. The maximum absolute atomic E-state index is 13.6. The van der Waals surface area contributed by atoms with Crippen molar-refractivity contribution in [3.8, 4) is 11.5 Å². The van der Waals surface area contributed by atoms with Gasteiger partial charge in [-0.15, -0.1) is 8.78 Å². The summed E-state index contributed by atoms with van der Waals surface area (Å²) in [6.07, 6.45) is -3.86. The van der Waals surface area contributed by atoms with Gasteiger partial charge in [-0.1, -0.05) is 6.07 Å². The molecule has 0 bridgehead atoms. The Bertz CT molecular complexity index is 1330.